The van der Waals surface area contributed by atoms with Crippen molar-refractivity contribution in [2.45, 2.75) is 32.9 Å². The Morgan fingerprint density at radius 2 is 2.21 bits per heavy atom. The maximum atomic E-state index is 4.73. The SMILES string of the molecule is CCCNCc1cncc(N2CCN(C)CC2C)n1. The topological polar surface area (TPSA) is 44.3 Å². The molecule has 0 radical (unpaired) electrons. The van der Waals surface area contributed by atoms with Crippen LogP contribution < -0.4 is 10.2 Å². The number of hydrogen-bond acceptors (Lipinski definition) is 5. The van der Waals surface area contributed by atoms with E-state index in [2.05, 4.69) is 41.0 Å². The number of nitrogens with zero attached hydrogens (tertiary/aromatic N) is 4. The first-order chi connectivity index (χ1) is 9.20. The molecule has 19 heavy (non-hydrogen) atoms. The summed E-state index contributed by atoms with van der Waals surface area (Å²) in [6, 6.07) is 0.493. The molecule has 2 heterocycles. The summed E-state index contributed by atoms with van der Waals surface area (Å²) >= 11 is 0. The number of rotatable bonds is 5. The Balaban J connectivity index is 2.01. The first-order valence-electron chi connectivity index (χ1n) is 7.17. The van der Waals surface area contributed by atoms with Crippen LogP contribution in [0, 0.1) is 0 Å². The van der Waals surface area contributed by atoms with Gasteiger partial charge in [-0.3, -0.25) is 4.98 Å². The van der Waals surface area contributed by atoms with Crippen molar-refractivity contribution in [3.05, 3.63) is 18.1 Å². The Labute approximate surface area is 116 Å². The van der Waals surface area contributed by atoms with Gasteiger partial charge in [0.05, 0.1) is 11.9 Å². The van der Waals surface area contributed by atoms with Gasteiger partial charge in [-0.25, -0.2) is 4.98 Å². The van der Waals surface area contributed by atoms with E-state index in [1.807, 2.05) is 12.4 Å². The highest BCUT2D eigenvalue weighted by Crippen LogP contribution is 2.17. The van der Waals surface area contributed by atoms with Crippen molar-refractivity contribution in [3.8, 4) is 0 Å². The lowest BCUT2D eigenvalue weighted by molar-refractivity contribution is 0.274. The molecule has 0 aromatic carbocycles. The zero-order valence-corrected chi connectivity index (χ0v) is 12.3. The molecule has 1 fully saturated rings. The predicted octanol–water partition coefficient (Wildman–Crippen LogP) is 1.12. The largest absolute Gasteiger partial charge is 0.350 e. The van der Waals surface area contributed by atoms with E-state index in [9.17, 15) is 0 Å². The van der Waals surface area contributed by atoms with Crippen LogP contribution in [-0.2, 0) is 6.54 Å². The summed E-state index contributed by atoms with van der Waals surface area (Å²) in [5.74, 6) is 1.01. The fraction of sp³-hybridized carbons (Fsp3) is 0.714. The van der Waals surface area contributed by atoms with Crippen LogP contribution in [0.1, 0.15) is 26.0 Å². The minimum absolute atomic E-state index is 0.493. The second-order valence-corrected chi connectivity index (χ2v) is 5.35. The summed E-state index contributed by atoms with van der Waals surface area (Å²) in [4.78, 5) is 13.8. The summed E-state index contributed by atoms with van der Waals surface area (Å²) in [5.41, 5.74) is 1.03. The van der Waals surface area contributed by atoms with Crippen molar-refractivity contribution in [3.63, 3.8) is 0 Å². The maximum absolute atomic E-state index is 4.73. The van der Waals surface area contributed by atoms with E-state index < -0.39 is 0 Å². The predicted molar refractivity (Wildman–Crippen MR) is 78.3 cm³/mol. The molecule has 1 aliphatic rings. The lowest BCUT2D eigenvalue weighted by Gasteiger charge is -2.38. The average molecular weight is 263 g/mol. The van der Waals surface area contributed by atoms with E-state index >= 15 is 0 Å². The molecule has 0 saturated carbocycles. The van der Waals surface area contributed by atoms with E-state index in [0.29, 0.717) is 6.04 Å². The smallest absolute Gasteiger partial charge is 0.147 e. The van der Waals surface area contributed by atoms with Crippen molar-refractivity contribution < 1.29 is 0 Å². The van der Waals surface area contributed by atoms with Crippen molar-refractivity contribution in [1.82, 2.24) is 20.2 Å². The molecule has 0 spiro atoms. The molecule has 0 amide bonds. The van der Waals surface area contributed by atoms with Gasteiger partial charge in [0.1, 0.15) is 5.82 Å². The number of aromatic nitrogens is 2. The van der Waals surface area contributed by atoms with Crippen LogP contribution in [0.15, 0.2) is 12.4 Å². The zero-order chi connectivity index (χ0) is 13.7. The van der Waals surface area contributed by atoms with Gasteiger partial charge in [-0.2, -0.15) is 0 Å². The first kappa shape index (κ1) is 14.2. The molecule has 1 unspecified atom stereocenters. The van der Waals surface area contributed by atoms with Gasteiger partial charge in [0.15, 0.2) is 0 Å². The minimum atomic E-state index is 0.493. The molecule has 1 saturated heterocycles. The zero-order valence-electron chi connectivity index (χ0n) is 12.3. The molecule has 5 heteroatoms. The lowest BCUT2D eigenvalue weighted by atomic mass is 10.2. The Kier molecular flexibility index (Phi) is 5.10. The van der Waals surface area contributed by atoms with Gasteiger partial charge in [0.25, 0.3) is 0 Å². The third-order valence-corrected chi connectivity index (χ3v) is 3.53. The molecule has 5 nitrogen and oxygen atoms in total. The lowest BCUT2D eigenvalue weighted by Crippen LogP contribution is -2.50. The molecule has 1 atom stereocenters. The van der Waals surface area contributed by atoms with Crippen LogP contribution >= 0.6 is 0 Å². The van der Waals surface area contributed by atoms with Crippen molar-refractivity contribution in [2.24, 2.45) is 0 Å². The molecule has 1 aromatic rings. The van der Waals surface area contributed by atoms with Crippen LogP contribution in [-0.4, -0.2) is 54.1 Å². The second kappa shape index (κ2) is 6.82. The molecule has 1 aromatic heterocycles. The molecule has 1 aliphatic heterocycles. The van der Waals surface area contributed by atoms with Crippen molar-refractivity contribution in [1.29, 1.82) is 0 Å². The van der Waals surface area contributed by atoms with Crippen LogP contribution in [0.3, 0.4) is 0 Å². The van der Waals surface area contributed by atoms with E-state index in [0.717, 1.165) is 50.7 Å². The van der Waals surface area contributed by atoms with E-state index in [1.54, 1.807) is 0 Å². The molecule has 2 rings (SSSR count). The molecule has 0 aliphatic carbocycles. The van der Waals surface area contributed by atoms with Gasteiger partial charge < -0.3 is 15.1 Å². The van der Waals surface area contributed by atoms with Crippen LogP contribution in [0.25, 0.3) is 0 Å². The number of hydrogen-bond donors (Lipinski definition) is 1. The Morgan fingerprint density at radius 3 is 2.95 bits per heavy atom. The summed E-state index contributed by atoms with van der Waals surface area (Å²) < 4.78 is 0. The highest BCUT2D eigenvalue weighted by Gasteiger charge is 2.22. The van der Waals surface area contributed by atoms with Gasteiger partial charge in [-0.15, -0.1) is 0 Å². The normalized spacial score (nSPS) is 20.8. The van der Waals surface area contributed by atoms with Gasteiger partial charge in [0, 0.05) is 38.4 Å². The van der Waals surface area contributed by atoms with Gasteiger partial charge in [-0.1, -0.05) is 6.92 Å². The third kappa shape index (κ3) is 3.88. The summed E-state index contributed by atoms with van der Waals surface area (Å²) in [6.07, 6.45) is 4.88. The molecule has 106 valence electrons. The summed E-state index contributed by atoms with van der Waals surface area (Å²) in [6.45, 7) is 9.44. The van der Waals surface area contributed by atoms with E-state index in [4.69, 9.17) is 4.98 Å². The van der Waals surface area contributed by atoms with E-state index in [-0.39, 0.29) is 0 Å². The van der Waals surface area contributed by atoms with E-state index in [1.165, 1.54) is 0 Å². The van der Waals surface area contributed by atoms with Crippen LogP contribution in [0.2, 0.25) is 0 Å². The first-order valence-corrected chi connectivity index (χ1v) is 7.17. The monoisotopic (exact) mass is 263 g/mol. The molecule has 1 N–H and O–H groups in total. The Hall–Kier alpha value is -1.20. The van der Waals surface area contributed by atoms with Gasteiger partial charge in [0.2, 0.25) is 0 Å². The standard InChI is InChI=1S/C14H25N5/c1-4-5-15-8-13-9-16-10-14(17-13)19-7-6-18(3)11-12(19)2/h9-10,12,15H,4-8,11H2,1-3H3. The van der Waals surface area contributed by atoms with Crippen LogP contribution in [0.5, 0.6) is 0 Å². The number of piperazine rings is 1. The molecular formula is C14H25N5. The summed E-state index contributed by atoms with van der Waals surface area (Å²) in [5, 5.41) is 3.37. The quantitative estimate of drug-likeness (QED) is 0.807. The number of anilines is 1. The number of likely N-dealkylation sites (N-methyl/N-ethyl adjacent to an activating group) is 1. The van der Waals surface area contributed by atoms with Gasteiger partial charge in [-0.05, 0) is 26.9 Å². The fourth-order valence-electron chi connectivity index (χ4n) is 2.49. The number of nitrogens with one attached hydrogen (secondary N) is 1. The Bertz CT molecular complexity index is 395. The molecule has 0 bridgehead atoms. The fourth-order valence-corrected chi connectivity index (χ4v) is 2.49. The average Bonchev–Trinajstić information content (AvgIpc) is 2.39. The highest BCUT2D eigenvalue weighted by molar-refractivity contribution is 5.38. The molecular weight excluding hydrogens is 238 g/mol. The summed E-state index contributed by atoms with van der Waals surface area (Å²) in [7, 11) is 2.17. The minimum Gasteiger partial charge on any atom is -0.350 e. The van der Waals surface area contributed by atoms with Crippen molar-refractivity contribution in [2.75, 3.05) is 38.1 Å². The second-order valence-electron chi connectivity index (χ2n) is 5.35. The van der Waals surface area contributed by atoms with Crippen molar-refractivity contribution >= 4 is 5.82 Å². The maximum Gasteiger partial charge on any atom is 0.147 e. The highest BCUT2D eigenvalue weighted by atomic mass is 15.3. The van der Waals surface area contributed by atoms with Crippen LogP contribution in [0.4, 0.5) is 5.82 Å². The third-order valence-electron chi connectivity index (χ3n) is 3.53. The Morgan fingerprint density at radius 1 is 1.37 bits per heavy atom. The van der Waals surface area contributed by atoms with Gasteiger partial charge >= 0.3 is 0 Å².